The van der Waals surface area contributed by atoms with E-state index in [1.165, 1.54) is 4.90 Å². The lowest BCUT2D eigenvalue weighted by Gasteiger charge is -2.31. The average Bonchev–Trinajstić information content (AvgIpc) is 2.45. The molecule has 1 aromatic rings. The van der Waals surface area contributed by atoms with Crippen LogP contribution in [0.25, 0.3) is 0 Å². The van der Waals surface area contributed by atoms with E-state index < -0.39 is 0 Å². The van der Waals surface area contributed by atoms with Gasteiger partial charge in [-0.2, -0.15) is 0 Å². The number of nitrogens with one attached hydrogen (secondary N) is 2. The van der Waals surface area contributed by atoms with Crippen LogP contribution in [0.5, 0.6) is 11.5 Å². The third kappa shape index (κ3) is 3.69. The van der Waals surface area contributed by atoms with E-state index in [1.54, 1.807) is 0 Å². The minimum Gasteiger partial charge on any atom is -0.486 e. The third-order valence-electron chi connectivity index (χ3n) is 3.85. The molecule has 2 heterocycles. The van der Waals surface area contributed by atoms with Crippen LogP contribution in [0.3, 0.4) is 0 Å². The molecule has 120 valence electrons. The Morgan fingerprint density at radius 3 is 2.59 bits per heavy atom. The minimum absolute atomic E-state index is 0.00739. The summed E-state index contributed by atoms with van der Waals surface area (Å²) in [6.45, 7) is 7.38. The molecule has 1 fully saturated rings. The van der Waals surface area contributed by atoms with Gasteiger partial charge in [0.1, 0.15) is 38.5 Å². The van der Waals surface area contributed by atoms with Gasteiger partial charge in [-0.3, -0.25) is 4.79 Å². The highest BCUT2D eigenvalue weighted by Crippen LogP contribution is 2.32. The molecule has 6 heteroatoms. The summed E-state index contributed by atoms with van der Waals surface area (Å²) < 4.78 is 16.7. The molecule has 2 N–H and O–H groups in total. The molecule has 1 aromatic carbocycles. The number of amides is 1. The molecule has 22 heavy (non-hydrogen) atoms. The summed E-state index contributed by atoms with van der Waals surface area (Å²) in [5.41, 5.74) is 0.739. The lowest BCUT2D eigenvalue weighted by Crippen LogP contribution is -3.16. The Labute approximate surface area is 130 Å². The molecular formula is C16H23N2O4+. The summed E-state index contributed by atoms with van der Waals surface area (Å²) in [5.74, 6) is 1.42. The van der Waals surface area contributed by atoms with E-state index in [0.29, 0.717) is 25.5 Å². The van der Waals surface area contributed by atoms with Gasteiger partial charge in [0.15, 0.2) is 18.0 Å². The Kier molecular flexibility index (Phi) is 4.49. The predicted octanol–water partition coefficient (Wildman–Crippen LogP) is 0.0884. The van der Waals surface area contributed by atoms with Crippen molar-refractivity contribution in [2.24, 2.45) is 0 Å². The van der Waals surface area contributed by atoms with Crippen LogP contribution in [0.15, 0.2) is 18.2 Å². The van der Waals surface area contributed by atoms with Gasteiger partial charge in [0, 0.05) is 11.8 Å². The van der Waals surface area contributed by atoms with Crippen molar-refractivity contribution in [3.63, 3.8) is 0 Å². The topological polar surface area (TPSA) is 61.2 Å². The van der Waals surface area contributed by atoms with Crippen LogP contribution in [0.4, 0.5) is 5.69 Å². The van der Waals surface area contributed by atoms with Gasteiger partial charge in [0.05, 0.1) is 0 Å². The van der Waals surface area contributed by atoms with Gasteiger partial charge in [0.2, 0.25) is 0 Å². The lowest BCUT2D eigenvalue weighted by molar-refractivity contribution is -0.907. The maximum Gasteiger partial charge on any atom is 0.279 e. The van der Waals surface area contributed by atoms with E-state index >= 15 is 0 Å². The number of hydrogen-bond donors (Lipinski definition) is 2. The predicted molar refractivity (Wildman–Crippen MR) is 81.6 cm³/mol. The SMILES string of the molecule is CC1C[NH+](CC(=O)Nc2ccc3c(c2)OCCO3)CC(C)O1. The third-order valence-corrected chi connectivity index (χ3v) is 3.85. The zero-order valence-electron chi connectivity index (χ0n) is 13.1. The van der Waals surface area contributed by atoms with E-state index in [4.69, 9.17) is 14.2 Å². The number of carbonyl (C=O) groups is 1. The lowest BCUT2D eigenvalue weighted by atomic mass is 10.2. The second-order valence-corrected chi connectivity index (χ2v) is 6.00. The van der Waals surface area contributed by atoms with E-state index in [2.05, 4.69) is 5.32 Å². The van der Waals surface area contributed by atoms with E-state index in [9.17, 15) is 4.79 Å². The van der Waals surface area contributed by atoms with Crippen LogP contribution in [-0.2, 0) is 9.53 Å². The molecule has 0 bridgehead atoms. The number of benzene rings is 1. The maximum absolute atomic E-state index is 12.2. The molecule has 6 nitrogen and oxygen atoms in total. The van der Waals surface area contributed by atoms with Crippen molar-refractivity contribution < 1.29 is 23.9 Å². The number of anilines is 1. The molecule has 2 aliphatic heterocycles. The summed E-state index contributed by atoms with van der Waals surface area (Å²) >= 11 is 0. The van der Waals surface area contributed by atoms with Crippen molar-refractivity contribution in [3.8, 4) is 11.5 Å². The minimum atomic E-state index is 0.00739. The molecule has 0 spiro atoms. The Hall–Kier alpha value is -1.79. The normalized spacial score (nSPS) is 27.3. The Balaban J connectivity index is 1.57. The molecule has 0 radical (unpaired) electrons. The highest BCUT2D eigenvalue weighted by atomic mass is 16.6. The number of fused-ring (bicyclic) bond motifs is 1. The molecule has 2 atom stereocenters. The Morgan fingerprint density at radius 2 is 1.86 bits per heavy atom. The fourth-order valence-electron chi connectivity index (χ4n) is 3.09. The van der Waals surface area contributed by atoms with Gasteiger partial charge < -0.3 is 24.4 Å². The van der Waals surface area contributed by atoms with Crippen LogP contribution in [-0.4, -0.2) is 51.0 Å². The van der Waals surface area contributed by atoms with Crippen molar-refractivity contribution in [2.45, 2.75) is 26.1 Å². The van der Waals surface area contributed by atoms with Crippen LogP contribution < -0.4 is 19.7 Å². The first-order chi connectivity index (χ1) is 10.6. The number of ether oxygens (including phenoxy) is 3. The van der Waals surface area contributed by atoms with Crippen LogP contribution in [0.2, 0.25) is 0 Å². The Bertz CT molecular complexity index is 539. The van der Waals surface area contributed by atoms with Crippen molar-refractivity contribution in [2.75, 3.05) is 38.2 Å². The second kappa shape index (κ2) is 6.54. The summed E-state index contributed by atoms with van der Waals surface area (Å²) in [4.78, 5) is 13.5. The fraction of sp³-hybridized carbons (Fsp3) is 0.562. The van der Waals surface area contributed by atoms with Gasteiger partial charge in [-0.05, 0) is 26.0 Å². The number of hydrogen-bond acceptors (Lipinski definition) is 4. The van der Waals surface area contributed by atoms with Crippen LogP contribution in [0.1, 0.15) is 13.8 Å². The molecular weight excluding hydrogens is 284 g/mol. The number of carbonyl (C=O) groups excluding carboxylic acids is 1. The van der Waals surface area contributed by atoms with Crippen LogP contribution >= 0.6 is 0 Å². The summed E-state index contributed by atoms with van der Waals surface area (Å²) in [5, 5.41) is 2.93. The van der Waals surface area contributed by atoms with Crippen molar-refractivity contribution in [1.29, 1.82) is 0 Å². The van der Waals surface area contributed by atoms with Crippen molar-refractivity contribution >= 4 is 11.6 Å². The average molecular weight is 307 g/mol. The fourth-order valence-corrected chi connectivity index (χ4v) is 3.09. The molecule has 0 aromatic heterocycles. The molecule has 2 aliphatic rings. The van der Waals surface area contributed by atoms with E-state index in [0.717, 1.165) is 24.5 Å². The van der Waals surface area contributed by atoms with Gasteiger partial charge in [0.25, 0.3) is 5.91 Å². The molecule has 2 unspecified atom stereocenters. The van der Waals surface area contributed by atoms with Crippen molar-refractivity contribution in [1.82, 2.24) is 0 Å². The summed E-state index contributed by atoms with van der Waals surface area (Å²) in [6.07, 6.45) is 0.390. The number of morpholine rings is 1. The first-order valence-electron chi connectivity index (χ1n) is 7.78. The molecule has 0 saturated carbocycles. The van der Waals surface area contributed by atoms with Gasteiger partial charge >= 0.3 is 0 Å². The molecule has 0 aliphatic carbocycles. The molecule has 1 saturated heterocycles. The van der Waals surface area contributed by atoms with E-state index in [1.807, 2.05) is 32.0 Å². The highest BCUT2D eigenvalue weighted by molar-refractivity contribution is 5.91. The first kappa shape index (κ1) is 15.1. The second-order valence-electron chi connectivity index (χ2n) is 6.00. The molecule has 1 amide bonds. The standard InChI is InChI=1S/C16H22N2O4/c1-11-8-18(9-12(2)22-11)10-16(19)17-13-3-4-14-15(7-13)21-6-5-20-14/h3-4,7,11-12H,5-6,8-10H2,1-2H3,(H,17,19)/p+1. The molecule has 3 rings (SSSR count). The summed E-state index contributed by atoms with van der Waals surface area (Å²) in [6, 6.07) is 5.48. The maximum atomic E-state index is 12.2. The quantitative estimate of drug-likeness (QED) is 0.831. The smallest absolute Gasteiger partial charge is 0.279 e. The zero-order chi connectivity index (χ0) is 15.5. The largest absolute Gasteiger partial charge is 0.486 e. The summed E-state index contributed by atoms with van der Waals surface area (Å²) in [7, 11) is 0. The highest BCUT2D eigenvalue weighted by Gasteiger charge is 2.27. The van der Waals surface area contributed by atoms with E-state index in [-0.39, 0.29) is 18.1 Å². The number of rotatable bonds is 3. The Morgan fingerprint density at radius 1 is 1.18 bits per heavy atom. The van der Waals surface area contributed by atoms with Crippen molar-refractivity contribution in [3.05, 3.63) is 18.2 Å². The zero-order valence-corrected chi connectivity index (χ0v) is 13.1. The van der Waals surface area contributed by atoms with Crippen LogP contribution in [0, 0.1) is 0 Å². The monoisotopic (exact) mass is 307 g/mol. The van der Waals surface area contributed by atoms with Gasteiger partial charge in [-0.15, -0.1) is 0 Å². The first-order valence-corrected chi connectivity index (χ1v) is 7.78. The van der Waals surface area contributed by atoms with Gasteiger partial charge in [-0.25, -0.2) is 0 Å². The van der Waals surface area contributed by atoms with Gasteiger partial charge in [-0.1, -0.05) is 0 Å². The number of quaternary nitrogens is 1.